The number of carbonyl (C=O) groups excluding carboxylic acids is 1. The summed E-state index contributed by atoms with van der Waals surface area (Å²) in [4.78, 5) is 21.5. The van der Waals surface area contributed by atoms with E-state index in [1.165, 1.54) is 0 Å². The van der Waals surface area contributed by atoms with E-state index in [-0.39, 0.29) is 5.91 Å². The fraction of sp³-hybridized carbons (Fsp3) is 0.238. The van der Waals surface area contributed by atoms with Crippen molar-refractivity contribution in [1.29, 1.82) is 0 Å². The zero-order chi connectivity index (χ0) is 20.2. The zero-order valence-electron chi connectivity index (χ0n) is 16.3. The van der Waals surface area contributed by atoms with E-state index in [1.807, 2.05) is 56.4 Å². The molecule has 0 aliphatic carbocycles. The van der Waals surface area contributed by atoms with Crippen molar-refractivity contribution >= 4 is 17.2 Å². The minimum atomic E-state index is -0.241. The van der Waals surface area contributed by atoms with E-state index in [0.29, 0.717) is 42.7 Å². The van der Waals surface area contributed by atoms with Crippen LogP contribution in [0.1, 0.15) is 28.9 Å². The van der Waals surface area contributed by atoms with Crippen LogP contribution in [0.2, 0.25) is 0 Å². The molecule has 1 amide bonds. The average Bonchev–Trinajstić information content (AvgIpc) is 3.37. The van der Waals surface area contributed by atoms with Gasteiger partial charge in [0, 0.05) is 24.1 Å². The second kappa shape index (κ2) is 8.24. The molecule has 0 atom stereocenters. The summed E-state index contributed by atoms with van der Waals surface area (Å²) in [6, 6.07) is 11.2. The lowest BCUT2D eigenvalue weighted by Crippen LogP contribution is -2.15. The van der Waals surface area contributed by atoms with Gasteiger partial charge in [0.25, 0.3) is 5.91 Å². The van der Waals surface area contributed by atoms with Crippen molar-refractivity contribution in [3.05, 3.63) is 65.9 Å². The minimum Gasteiger partial charge on any atom is -0.381 e. The van der Waals surface area contributed by atoms with Crippen LogP contribution in [0.25, 0.3) is 17.0 Å². The molecule has 0 bridgehead atoms. The highest BCUT2D eigenvalue weighted by atomic mass is 16.5. The third-order valence-corrected chi connectivity index (χ3v) is 4.53. The number of pyridine rings is 1. The van der Waals surface area contributed by atoms with Crippen molar-refractivity contribution in [3.63, 3.8) is 0 Å². The average molecular weight is 391 g/mol. The molecule has 3 aromatic heterocycles. The van der Waals surface area contributed by atoms with Gasteiger partial charge in [-0.2, -0.15) is 4.98 Å². The van der Waals surface area contributed by atoms with Crippen molar-refractivity contribution in [2.45, 2.75) is 20.3 Å². The van der Waals surface area contributed by atoms with Crippen LogP contribution < -0.4 is 5.32 Å². The summed E-state index contributed by atoms with van der Waals surface area (Å²) in [5, 5.41) is 7.00. The first-order valence-corrected chi connectivity index (χ1v) is 9.40. The maximum atomic E-state index is 12.8. The molecule has 1 N–H and O–H groups in total. The zero-order valence-corrected chi connectivity index (χ0v) is 16.3. The topological polar surface area (TPSA) is 94.5 Å². The Morgan fingerprint density at radius 3 is 3.03 bits per heavy atom. The van der Waals surface area contributed by atoms with Crippen LogP contribution in [0.3, 0.4) is 0 Å². The number of aryl methyl sites for hydroxylation is 1. The molecule has 4 aromatic rings. The van der Waals surface area contributed by atoms with E-state index in [9.17, 15) is 4.79 Å². The number of aromatic nitrogens is 4. The molecule has 0 fully saturated rings. The maximum Gasteiger partial charge on any atom is 0.274 e. The van der Waals surface area contributed by atoms with Gasteiger partial charge in [0.2, 0.25) is 11.7 Å². The van der Waals surface area contributed by atoms with Crippen molar-refractivity contribution in [2.75, 3.05) is 18.5 Å². The van der Waals surface area contributed by atoms with Gasteiger partial charge in [-0.1, -0.05) is 23.4 Å². The normalized spacial score (nSPS) is 11.1. The molecule has 29 heavy (non-hydrogen) atoms. The first-order chi connectivity index (χ1) is 14.2. The molecule has 4 rings (SSSR count). The van der Waals surface area contributed by atoms with E-state index in [2.05, 4.69) is 20.4 Å². The van der Waals surface area contributed by atoms with Gasteiger partial charge in [0.15, 0.2) is 0 Å². The molecule has 8 nitrogen and oxygen atoms in total. The molecule has 0 radical (unpaired) electrons. The van der Waals surface area contributed by atoms with Crippen LogP contribution in [0.15, 0.2) is 53.3 Å². The van der Waals surface area contributed by atoms with Crippen molar-refractivity contribution < 1.29 is 14.1 Å². The Morgan fingerprint density at radius 2 is 2.17 bits per heavy atom. The lowest BCUT2D eigenvalue weighted by Gasteiger charge is -2.09. The summed E-state index contributed by atoms with van der Waals surface area (Å²) in [6.45, 7) is 5.05. The number of anilines is 1. The Bertz CT molecular complexity index is 1150. The molecule has 1 aromatic carbocycles. The van der Waals surface area contributed by atoms with Crippen LogP contribution >= 0.6 is 0 Å². The van der Waals surface area contributed by atoms with Gasteiger partial charge >= 0.3 is 0 Å². The van der Waals surface area contributed by atoms with Crippen LogP contribution in [0, 0.1) is 6.92 Å². The Labute approximate surface area is 167 Å². The highest BCUT2D eigenvalue weighted by molar-refractivity contribution is 6.04. The number of fused-ring (bicyclic) bond motifs is 1. The minimum absolute atomic E-state index is 0.241. The number of carbonyl (C=O) groups is 1. The number of imidazole rings is 1. The summed E-state index contributed by atoms with van der Waals surface area (Å²) in [5.74, 6) is 0.751. The molecule has 0 saturated carbocycles. The van der Waals surface area contributed by atoms with Gasteiger partial charge < -0.3 is 14.6 Å². The fourth-order valence-corrected chi connectivity index (χ4v) is 2.96. The second-order valence-corrected chi connectivity index (χ2v) is 6.51. The number of amides is 1. The van der Waals surface area contributed by atoms with Crippen LogP contribution in [-0.2, 0) is 11.2 Å². The number of ether oxygens (including phenoxy) is 1. The first kappa shape index (κ1) is 18.8. The van der Waals surface area contributed by atoms with E-state index in [0.717, 1.165) is 16.8 Å². The van der Waals surface area contributed by atoms with Gasteiger partial charge in [-0.3, -0.25) is 9.20 Å². The lowest BCUT2D eigenvalue weighted by molar-refractivity contribution is 0.102. The predicted molar refractivity (Wildman–Crippen MR) is 108 cm³/mol. The monoisotopic (exact) mass is 391 g/mol. The summed E-state index contributed by atoms with van der Waals surface area (Å²) in [6.07, 6.45) is 3.93. The number of nitrogens with one attached hydrogen (secondary N) is 1. The summed E-state index contributed by atoms with van der Waals surface area (Å²) >= 11 is 0. The molecule has 0 saturated heterocycles. The maximum absolute atomic E-state index is 12.8. The van der Waals surface area contributed by atoms with E-state index in [4.69, 9.17) is 9.26 Å². The highest BCUT2D eigenvalue weighted by Crippen LogP contribution is 2.24. The molecule has 0 aliphatic rings. The smallest absolute Gasteiger partial charge is 0.274 e. The van der Waals surface area contributed by atoms with Crippen LogP contribution in [-0.4, -0.2) is 38.6 Å². The Hall–Kier alpha value is -3.52. The Kier molecular flexibility index (Phi) is 5.35. The Morgan fingerprint density at radius 1 is 1.28 bits per heavy atom. The second-order valence-electron chi connectivity index (χ2n) is 6.51. The van der Waals surface area contributed by atoms with E-state index in [1.54, 1.807) is 10.6 Å². The molecular weight excluding hydrogens is 370 g/mol. The fourth-order valence-electron chi connectivity index (χ4n) is 2.96. The molecule has 3 heterocycles. The largest absolute Gasteiger partial charge is 0.381 e. The molecule has 0 spiro atoms. The first-order valence-electron chi connectivity index (χ1n) is 9.40. The quantitative estimate of drug-likeness (QED) is 0.484. The van der Waals surface area contributed by atoms with E-state index >= 15 is 0 Å². The SMILES string of the molecule is CCOCCc1nc(-c2ccc(C)c(NC(=O)c3cnc4ccccn34)c2)no1. The van der Waals surface area contributed by atoms with Crippen molar-refractivity contribution in [2.24, 2.45) is 0 Å². The lowest BCUT2D eigenvalue weighted by atomic mass is 10.1. The predicted octanol–water partition coefficient (Wildman–Crippen LogP) is 3.52. The number of hydrogen-bond acceptors (Lipinski definition) is 6. The summed E-state index contributed by atoms with van der Waals surface area (Å²) in [5.41, 5.74) is 3.54. The van der Waals surface area contributed by atoms with Gasteiger partial charge in [-0.25, -0.2) is 4.98 Å². The van der Waals surface area contributed by atoms with E-state index < -0.39 is 0 Å². The Balaban J connectivity index is 1.55. The van der Waals surface area contributed by atoms with Crippen LogP contribution in [0.5, 0.6) is 0 Å². The van der Waals surface area contributed by atoms with Crippen LogP contribution in [0.4, 0.5) is 5.69 Å². The molecule has 148 valence electrons. The van der Waals surface area contributed by atoms with Gasteiger partial charge in [0.1, 0.15) is 11.3 Å². The third kappa shape index (κ3) is 4.02. The number of hydrogen-bond donors (Lipinski definition) is 1. The van der Waals surface area contributed by atoms with Gasteiger partial charge in [-0.05, 0) is 37.6 Å². The molecule has 8 heteroatoms. The molecular formula is C21H21N5O3. The number of rotatable bonds is 7. The highest BCUT2D eigenvalue weighted by Gasteiger charge is 2.15. The third-order valence-electron chi connectivity index (χ3n) is 4.53. The van der Waals surface area contributed by atoms with Gasteiger partial charge in [0.05, 0.1) is 19.2 Å². The summed E-state index contributed by atoms with van der Waals surface area (Å²) in [7, 11) is 0. The standard InChI is InChI=1S/C21H21N5O3/c1-3-28-11-9-19-24-20(25-29-19)15-8-7-14(2)16(12-15)23-21(27)17-13-22-18-6-4-5-10-26(17)18/h4-8,10,12-13H,3,9,11H2,1-2H3,(H,23,27). The number of nitrogens with zero attached hydrogens (tertiary/aromatic N) is 4. The van der Waals surface area contributed by atoms with Crippen molar-refractivity contribution in [1.82, 2.24) is 19.5 Å². The number of benzene rings is 1. The molecule has 0 aliphatic heterocycles. The molecule has 0 unspecified atom stereocenters. The summed E-state index contributed by atoms with van der Waals surface area (Å²) < 4.78 is 12.3. The van der Waals surface area contributed by atoms with Gasteiger partial charge in [-0.15, -0.1) is 0 Å². The van der Waals surface area contributed by atoms with Crippen molar-refractivity contribution in [3.8, 4) is 11.4 Å².